The Morgan fingerprint density at radius 3 is 2.47 bits per heavy atom. The molecule has 4 nitrogen and oxygen atoms in total. The van der Waals surface area contributed by atoms with Gasteiger partial charge in [0, 0.05) is 19.5 Å². The molecule has 98 valence electrons. The number of nitrogens with zero attached hydrogens (tertiary/aromatic N) is 1. The van der Waals surface area contributed by atoms with Gasteiger partial charge in [-0.3, -0.25) is 9.59 Å². The summed E-state index contributed by atoms with van der Waals surface area (Å²) in [4.78, 5) is 25.4. The lowest BCUT2D eigenvalue weighted by atomic mass is 10.1. The topological polar surface area (TPSA) is 49.4 Å². The van der Waals surface area contributed by atoms with Crippen molar-refractivity contribution >= 4 is 11.8 Å². The van der Waals surface area contributed by atoms with Crippen LogP contribution < -0.4 is 5.32 Å². The number of carbonyl (C=O) groups is 2. The molecule has 1 aliphatic heterocycles. The van der Waals surface area contributed by atoms with E-state index in [1.807, 2.05) is 4.90 Å². The zero-order chi connectivity index (χ0) is 12.7. The average Bonchev–Trinajstić information content (AvgIpc) is 2.36. The van der Waals surface area contributed by atoms with E-state index >= 15 is 0 Å². The van der Waals surface area contributed by atoms with Crippen LogP contribution >= 0.6 is 0 Å². The minimum atomic E-state index is -0.377. The predicted molar refractivity (Wildman–Crippen MR) is 67.6 cm³/mol. The fraction of sp³-hybridized carbons (Fsp3) is 0.846. The molecule has 2 amide bonds. The van der Waals surface area contributed by atoms with E-state index in [9.17, 15) is 9.59 Å². The van der Waals surface area contributed by atoms with Crippen molar-refractivity contribution in [3.8, 4) is 0 Å². The summed E-state index contributed by atoms with van der Waals surface area (Å²) in [5.74, 6) is 0.0549. The van der Waals surface area contributed by atoms with Crippen LogP contribution in [0.1, 0.15) is 52.4 Å². The van der Waals surface area contributed by atoms with Gasteiger partial charge in [-0.25, -0.2) is 0 Å². The van der Waals surface area contributed by atoms with Crippen LogP contribution in [0.5, 0.6) is 0 Å². The molecule has 0 bridgehead atoms. The molecule has 0 radical (unpaired) electrons. The number of amides is 2. The fourth-order valence-corrected chi connectivity index (χ4v) is 2.10. The van der Waals surface area contributed by atoms with Crippen LogP contribution in [0.3, 0.4) is 0 Å². The zero-order valence-corrected chi connectivity index (χ0v) is 11.0. The van der Waals surface area contributed by atoms with Gasteiger partial charge < -0.3 is 10.2 Å². The number of hydrogen-bond acceptors (Lipinski definition) is 2. The Kier molecular flexibility index (Phi) is 6.01. The molecule has 0 spiro atoms. The first kappa shape index (κ1) is 14.0. The lowest BCUT2D eigenvalue weighted by molar-refractivity contribution is -0.136. The molecule has 1 atom stereocenters. The molecule has 1 saturated heterocycles. The molecule has 1 aliphatic rings. The molecule has 1 N–H and O–H groups in total. The van der Waals surface area contributed by atoms with Gasteiger partial charge >= 0.3 is 0 Å². The smallest absolute Gasteiger partial charge is 0.244 e. The van der Waals surface area contributed by atoms with Crippen molar-refractivity contribution in [2.75, 3.05) is 13.1 Å². The molecular weight excluding hydrogens is 216 g/mol. The van der Waals surface area contributed by atoms with Crippen molar-refractivity contribution < 1.29 is 9.59 Å². The number of piperidine rings is 1. The van der Waals surface area contributed by atoms with Gasteiger partial charge in [-0.15, -0.1) is 0 Å². The van der Waals surface area contributed by atoms with E-state index in [0.29, 0.717) is 6.42 Å². The highest BCUT2D eigenvalue weighted by molar-refractivity contribution is 5.87. The van der Waals surface area contributed by atoms with Crippen molar-refractivity contribution in [2.45, 2.75) is 58.4 Å². The minimum absolute atomic E-state index is 0.00953. The van der Waals surface area contributed by atoms with E-state index < -0.39 is 0 Å². The Labute approximate surface area is 104 Å². The summed E-state index contributed by atoms with van der Waals surface area (Å²) >= 11 is 0. The Morgan fingerprint density at radius 1 is 1.24 bits per heavy atom. The second-order valence-electron chi connectivity index (χ2n) is 4.78. The molecule has 0 saturated carbocycles. The molecule has 1 fully saturated rings. The van der Waals surface area contributed by atoms with E-state index in [4.69, 9.17) is 0 Å². The number of carbonyl (C=O) groups excluding carboxylic acids is 2. The maximum atomic E-state index is 12.0. The lowest BCUT2D eigenvalue weighted by Crippen LogP contribution is -2.48. The average molecular weight is 240 g/mol. The number of unbranched alkanes of at least 4 members (excludes halogenated alkanes) is 1. The molecule has 1 unspecified atom stereocenters. The second-order valence-corrected chi connectivity index (χ2v) is 4.78. The van der Waals surface area contributed by atoms with Gasteiger partial charge in [-0.2, -0.15) is 0 Å². The van der Waals surface area contributed by atoms with Crippen LogP contribution in [0.4, 0.5) is 0 Å². The first-order chi connectivity index (χ1) is 8.15. The summed E-state index contributed by atoms with van der Waals surface area (Å²) in [5, 5.41) is 2.78. The summed E-state index contributed by atoms with van der Waals surface area (Å²) in [7, 11) is 0. The first-order valence-electron chi connectivity index (χ1n) is 6.73. The first-order valence-corrected chi connectivity index (χ1v) is 6.73. The minimum Gasteiger partial charge on any atom is -0.345 e. The molecule has 0 aliphatic carbocycles. The highest BCUT2D eigenvalue weighted by Crippen LogP contribution is 2.10. The largest absolute Gasteiger partial charge is 0.345 e. The van der Waals surface area contributed by atoms with E-state index in [1.165, 1.54) is 6.42 Å². The third-order valence-corrected chi connectivity index (χ3v) is 3.17. The van der Waals surface area contributed by atoms with Crippen LogP contribution in [0.15, 0.2) is 0 Å². The third-order valence-electron chi connectivity index (χ3n) is 3.17. The van der Waals surface area contributed by atoms with Gasteiger partial charge in [0.05, 0.1) is 0 Å². The van der Waals surface area contributed by atoms with Crippen molar-refractivity contribution in [1.82, 2.24) is 10.2 Å². The van der Waals surface area contributed by atoms with Crippen LogP contribution in [-0.4, -0.2) is 35.8 Å². The SMILES string of the molecule is CCCCC(=O)NC(C)C(=O)N1CCCCC1. The normalized spacial score (nSPS) is 17.6. The van der Waals surface area contributed by atoms with Crippen LogP contribution in [0.25, 0.3) is 0 Å². The van der Waals surface area contributed by atoms with E-state index in [0.717, 1.165) is 38.8 Å². The second kappa shape index (κ2) is 7.30. The number of nitrogens with one attached hydrogen (secondary N) is 1. The van der Waals surface area contributed by atoms with Gasteiger partial charge in [0.1, 0.15) is 6.04 Å². The third kappa shape index (κ3) is 4.75. The highest BCUT2D eigenvalue weighted by Gasteiger charge is 2.22. The number of rotatable bonds is 5. The number of likely N-dealkylation sites (tertiary alicyclic amines) is 1. The van der Waals surface area contributed by atoms with Gasteiger partial charge in [0.25, 0.3) is 0 Å². The van der Waals surface area contributed by atoms with E-state index in [2.05, 4.69) is 12.2 Å². The van der Waals surface area contributed by atoms with Gasteiger partial charge in [0.15, 0.2) is 0 Å². The molecular formula is C13H24N2O2. The van der Waals surface area contributed by atoms with E-state index in [1.54, 1.807) is 6.92 Å². The summed E-state index contributed by atoms with van der Waals surface area (Å²) in [5.41, 5.74) is 0. The van der Waals surface area contributed by atoms with Crippen LogP contribution in [-0.2, 0) is 9.59 Å². The predicted octanol–water partition coefficient (Wildman–Crippen LogP) is 1.69. The highest BCUT2D eigenvalue weighted by atomic mass is 16.2. The Balaban J connectivity index is 2.32. The molecule has 4 heteroatoms. The van der Waals surface area contributed by atoms with Crippen molar-refractivity contribution in [3.63, 3.8) is 0 Å². The van der Waals surface area contributed by atoms with Gasteiger partial charge in [-0.05, 0) is 32.6 Å². The van der Waals surface area contributed by atoms with Crippen LogP contribution in [0, 0.1) is 0 Å². The molecule has 1 heterocycles. The quantitative estimate of drug-likeness (QED) is 0.795. The number of hydrogen-bond donors (Lipinski definition) is 1. The van der Waals surface area contributed by atoms with Crippen LogP contribution in [0.2, 0.25) is 0 Å². The zero-order valence-electron chi connectivity index (χ0n) is 11.0. The van der Waals surface area contributed by atoms with Crippen molar-refractivity contribution in [1.29, 1.82) is 0 Å². The Morgan fingerprint density at radius 2 is 1.88 bits per heavy atom. The summed E-state index contributed by atoms with van der Waals surface area (Å²) in [6, 6.07) is -0.377. The molecule has 0 aromatic heterocycles. The van der Waals surface area contributed by atoms with Gasteiger partial charge in [0.2, 0.25) is 11.8 Å². The monoisotopic (exact) mass is 240 g/mol. The molecule has 17 heavy (non-hydrogen) atoms. The van der Waals surface area contributed by atoms with Crippen molar-refractivity contribution in [2.24, 2.45) is 0 Å². The van der Waals surface area contributed by atoms with E-state index in [-0.39, 0.29) is 17.9 Å². The molecule has 0 aromatic carbocycles. The Bertz CT molecular complexity index is 260. The maximum absolute atomic E-state index is 12.0. The summed E-state index contributed by atoms with van der Waals surface area (Å²) in [6.07, 6.45) is 5.79. The van der Waals surface area contributed by atoms with Gasteiger partial charge in [-0.1, -0.05) is 13.3 Å². The summed E-state index contributed by atoms with van der Waals surface area (Å²) in [6.45, 7) is 5.51. The standard InChI is InChI=1S/C13H24N2O2/c1-3-4-8-12(16)14-11(2)13(17)15-9-6-5-7-10-15/h11H,3-10H2,1-2H3,(H,14,16). The summed E-state index contributed by atoms with van der Waals surface area (Å²) < 4.78 is 0. The Hall–Kier alpha value is -1.06. The maximum Gasteiger partial charge on any atom is 0.244 e. The lowest BCUT2D eigenvalue weighted by Gasteiger charge is -2.29. The fourth-order valence-electron chi connectivity index (χ4n) is 2.10. The van der Waals surface area contributed by atoms with Crippen molar-refractivity contribution in [3.05, 3.63) is 0 Å². The molecule has 0 aromatic rings. The molecule has 1 rings (SSSR count).